The number of allylic oxidation sites excluding steroid dienone is 1. The highest BCUT2D eigenvalue weighted by Gasteiger charge is 2.15. The van der Waals surface area contributed by atoms with Crippen LogP contribution in [-0.4, -0.2) is 26.2 Å². The maximum atomic E-state index is 11.7. The molecule has 0 saturated heterocycles. The lowest BCUT2D eigenvalue weighted by atomic mass is 9.96. The zero-order valence-corrected chi connectivity index (χ0v) is 9.50. The van der Waals surface area contributed by atoms with Crippen molar-refractivity contribution in [2.24, 2.45) is 5.92 Å². The van der Waals surface area contributed by atoms with E-state index in [0.29, 0.717) is 13.2 Å². The van der Waals surface area contributed by atoms with E-state index in [1.807, 2.05) is 0 Å². The number of hydrogen-bond donors (Lipinski definition) is 1. The molecule has 3 nitrogen and oxygen atoms in total. The highest BCUT2D eigenvalue weighted by Crippen LogP contribution is 2.16. The molecule has 0 aliphatic heterocycles. The van der Waals surface area contributed by atoms with E-state index in [2.05, 4.69) is 17.5 Å². The molecular formula is C12H21NO2. The quantitative estimate of drug-likeness (QED) is 0.569. The van der Waals surface area contributed by atoms with E-state index in [-0.39, 0.29) is 11.8 Å². The minimum atomic E-state index is 0.0714. The van der Waals surface area contributed by atoms with Crippen molar-refractivity contribution in [2.75, 3.05) is 20.3 Å². The van der Waals surface area contributed by atoms with Crippen molar-refractivity contribution in [3.8, 4) is 0 Å². The maximum absolute atomic E-state index is 11.7. The summed E-state index contributed by atoms with van der Waals surface area (Å²) in [5.41, 5.74) is 0. The molecule has 0 bridgehead atoms. The summed E-state index contributed by atoms with van der Waals surface area (Å²) in [5.74, 6) is 0.215. The van der Waals surface area contributed by atoms with Gasteiger partial charge < -0.3 is 10.1 Å². The summed E-state index contributed by atoms with van der Waals surface area (Å²) in [5, 5.41) is 2.89. The highest BCUT2D eigenvalue weighted by atomic mass is 16.5. The average Bonchev–Trinajstić information content (AvgIpc) is 2.17. The molecule has 3 heteroatoms. The number of ether oxygens (including phenoxy) is 1. The van der Waals surface area contributed by atoms with Crippen molar-refractivity contribution in [3.05, 3.63) is 12.2 Å². The Hall–Kier alpha value is -0.830. The van der Waals surface area contributed by atoms with Crippen molar-refractivity contribution in [2.45, 2.75) is 32.1 Å². The van der Waals surface area contributed by atoms with Gasteiger partial charge in [0.15, 0.2) is 0 Å². The van der Waals surface area contributed by atoms with Crippen LogP contribution in [0.4, 0.5) is 0 Å². The third-order valence-electron chi connectivity index (χ3n) is 2.70. The summed E-state index contributed by atoms with van der Waals surface area (Å²) >= 11 is 0. The van der Waals surface area contributed by atoms with Gasteiger partial charge in [0, 0.05) is 13.7 Å². The first-order chi connectivity index (χ1) is 7.34. The SMILES string of the molecule is COCCNC(=O)C1/C=C\CCCCC1. The number of carbonyl (C=O) groups excluding carboxylic acids is 1. The molecule has 1 aliphatic carbocycles. The summed E-state index contributed by atoms with van der Waals surface area (Å²) in [7, 11) is 1.64. The Kier molecular flexibility index (Phi) is 6.09. The Balaban J connectivity index is 2.31. The van der Waals surface area contributed by atoms with Crippen LogP contribution in [0.5, 0.6) is 0 Å². The van der Waals surface area contributed by atoms with Crippen LogP contribution in [0.15, 0.2) is 12.2 Å². The molecule has 0 saturated carbocycles. The Morgan fingerprint density at radius 2 is 2.33 bits per heavy atom. The van der Waals surface area contributed by atoms with Gasteiger partial charge in [-0.3, -0.25) is 4.79 Å². The maximum Gasteiger partial charge on any atom is 0.226 e. The fourth-order valence-electron chi connectivity index (χ4n) is 1.79. The predicted octanol–water partition coefficient (Wildman–Crippen LogP) is 1.89. The molecule has 0 fully saturated rings. The van der Waals surface area contributed by atoms with Crippen LogP contribution in [-0.2, 0) is 9.53 Å². The van der Waals surface area contributed by atoms with E-state index >= 15 is 0 Å². The zero-order chi connectivity index (χ0) is 10.9. The topological polar surface area (TPSA) is 38.3 Å². The second kappa shape index (κ2) is 7.46. The minimum absolute atomic E-state index is 0.0714. The summed E-state index contributed by atoms with van der Waals surface area (Å²) in [6.45, 7) is 1.20. The molecule has 0 spiro atoms. The van der Waals surface area contributed by atoms with Crippen LogP contribution in [0.1, 0.15) is 32.1 Å². The molecule has 0 radical (unpaired) electrons. The van der Waals surface area contributed by atoms with Gasteiger partial charge in [-0.25, -0.2) is 0 Å². The standard InChI is InChI=1S/C12H21NO2/c1-15-10-9-13-12(14)11-7-5-3-2-4-6-8-11/h5,7,11H,2-4,6,8-10H2,1H3,(H,13,14)/b7-5-. The summed E-state index contributed by atoms with van der Waals surface area (Å²) in [6.07, 6.45) is 9.95. The summed E-state index contributed by atoms with van der Waals surface area (Å²) in [6, 6.07) is 0. The number of nitrogens with one attached hydrogen (secondary N) is 1. The van der Waals surface area contributed by atoms with Gasteiger partial charge in [0.1, 0.15) is 0 Å². The van der Waals surface area contributed by atoms with Crippen LogP contribution in [0, 0.1) is 5.92 Å². The van der Waals surface area contributed by atoms with Crippen LogP contribution in [0.2, 0.25) is 0 Å². The smallest absolute Gasteiger partial charge is 0.226 e. The van der Waals surface area contributed by atoms with Gasteiger partial charge in [0.2, 0.25) is 5.91 Å². The van der Waals surface area contributed by atoms with Crippen LogP contribution < -0.4 is 5.32 Å². The highest BCUT2D eigenvalue weighted by molar-refractivity contribution is 5.80. The molecule has 0 heterocycles. The number of carbonyl (C=O) groups is 1. The molecule has 0 aromatic rings. The third-order valence-corrected chi connectivity index (χ3v) is 2.70. The largest absolute Gasteiger partial charge is 0.383 e. The molecule has 1 unspecified atom stereocenters. The first kappa shape index (κ1) is 12.2. The number of amides is 1. The molecule has 1 aliphatic rings. The average molecular weight is 211 g/mol. The summed E-state index contributed by atoms with van der Waals surface area (Å²) < 4.78 is 4.89. The fourth-order valence-corrected chi connectivity index (χ4v) is 1.79. The number of methoxy groups -OCH3 is 1. The van der Waals surface area contributed by atoms with E-state index in [0.717, 1.165) is 19.3 Å². The second-order valence-electron chi connectivity index (χ2n) is 3.96. The van der Waals surface area contributed by atoms with Gasteiger partial charge in [-0.1, -0.05) is 25.0 Å². The Bertz CT molecular complexity index is 214. The van der Waals surface area contributed by atoms with Crippen molar-refractivity contribution in [1.82, 2.24) is 5.32 Å². The predicted molar refractivity (Wildman–Crippen MR) is 60.6 cm³/mol. The lowest BCUT2D eigenvalue weighted by Gasteiger charge is -2.14. The van der Waals surface area contributed by atoms with E-state index in [1.54, 1.807) is 7.11 Å². The van der Waals surface area contributed by atoms with Crippen molar-refractivity contribution >= 4 is 5.91 Å². The van der Waals surface area contributed by atoms with Crippen LogP contribution >= 0.6 is 0 Å². The lowest BCUT2D eigenvalue weighted by molar-refractivity contribution is -0.124. The number of rotatable bonds is 4. The first-order valence-electron chi connectivity index (χ1n) is 5.78. The molecular weight excluding hydrogens is 190 g/mol. The molecule has 86 valence electrons. The second-order valence-corrected chi connectivity index (χ2v) is 3.96. The third kappa shape index (κ3) is 4.98. The van der Waals surface area contributed by atoms with Gasteiger partial charge in [-0.05, 0) is 19.3 Å². The fraction of sp³-hybridized carbons (Fsp3) is 0.750. The van der Waals surface area contributed by atoms with E-state index < -0.39 is 0 Å². The van der Waals surface area contributed by atoms with E-state index in [1.165, 1.54) is 12.8 Å². The molecule has 1 rings (SSSR count). The zero-order valence-electron chi connectivity index (χ0n) is 9.50. The monoisotopic (exact) mass is 211 g/mol. The lowest BCUT2D eigenvalue weighted by Crippen LogP contribution is -2.32. The minimum Gasteiger partial charge on any atom is -0.383 e. The molecule has 0 aromatic carbocycles. The van der Waals surface area contributed by atoms with Gasteiger partial charge in [0.25, 0.3) is 0 Å². The van der Waals surface area contributed by atoms with Gasteiger partial charge >= 0.3 is 0 Å². The molecule has 0 aromatic heterocycles. The molecule has 1 N–H and O–H groups in total. The first-order valence-corrected chi connectivity index (χ1v) is 5.78. The van der Waals surface area contributed by atoms with Gasteiger partial charge in [-0.15, -0.1) is 0 Å². The van der Waals surface area contributed by atoms with Crippen molar-refractivity contribution in [3.63, 3.8) is 0 Å². The Morgan fingerprint density at radius 1 is 1.47 bits per heavy atom. The van der Waals surface area contributed by atoms with Crippen molar-refractivity contribution < 1.29 is 9.53 Å². The Labute approximate surface area is 91.9 Å². The van der Waals surface area contributed by atoms with Gasteiger partial charge in [0.05, 0.1) is 12.5 Å². The number of hydrogen-bond acceptors (Lipinski definition) is 2. The van der Waals surface area contributed by atoms with E-state index in [9.17, 15) is 4.79 Å². The molecule has 1 amide bonds. The van der Waals surface area contributed by atoms with Crippen molar-refractivity contribution in [1.29, 1.82) is 0 Å². The molecule has 1 atom stereocenters. The van der Waals surface area contributed by atoms with Gasteiger partial charge in [-0.2, -0.15) is 0 Å². The normalized spacial score (nSPS) is 23.9. The Morgan fingerprint density at radius 3 is 3.13 bits per heavy atom. The molecule has 15 heavy (non-hydrogen) atoms. The van der Waals surface area contributed by atoms with Crippen LogP contribution in [0.3, 0.4) is 0 Å². The van der Waals surface area contributed by atoms with Crippen LogP contribution in [0.25, 0.3) is 0 Å². The van der Waals surface area contributed by atoms with E-state index in [4.69, 9.17) is 4.74 Å². The summed E-state index contributed by atoms with van der Waals surface area (Å²) in [4.78, 5) is 11.7.